The molecule has 104 valence electrons. The van der Waals surface area contributed by atoms with E-state index in [0.29, 0.717) is 16.6 Å². The van der Waals surface area contributed by atoms with Crippen LogP contribution < -0.4 is 5.56 Å². The van der Waals surface area contributed by atoms with Crippen LogP contribution in [-0.2, 0) is 0 Å². The van der Waals surface area contributed by atoms with Crippen molar-refractivity contribution in [2.24, 2.45) is 0 Å². The van der Waals surface area contributed by atoms with Crippen molar-refractivity contribution in [1.82, 2.24) is 4.57 Å². The highest BCUT2D eigenvalue weighted by Crippen LogP contribution is 2.30. The number of fused-ring (bicyclic) bond motifs is 1. The Kier molecular flexibility index (Phi) is 3.19. The van der Waals surface area contributed by atoms with Gasteiger partial charge in [0, 0.05) is 11.1 Å². The number of nitro groups is 1. The highest BCUT2D eigenvalue weighted by molar-refractivity contribution is 6.37. The topological polar surface area (TPSA) is 65.1 Å². The largest absolute Gasteiger partial charge is 0.353 e. The summed E-state index contributed by atoms with van der Waals surface area (Å²) in [7, 11) is 0. The molecule has 2 aromatic carbocycles. The number of halogens is 1. The first-order chi connectivity index (χ1) is 10.1. The van der Waals surface area contributed by atoms with Crippen LogP contribution >= 0.6 is 11.6 Å². The maximum atomic E-state index is 12.5. The average Bonchev–Trinajstić information content (AvgIpc) is 2.48. The molecule has 1 heterocycles. The molecule has 0 unspecified atom stereocenters. The van der Waals surface area contributed by atoms with Crippen molar-refractivity contribution in [3.63, 3.8) is 0 Å². The van der Waals surface area contributed by atoms with E-state index in [1.807, 2.05) is 0 Å². The molecule has 0 radical (unpaired) electrons. The van der Waals surface area contributed by atoms with Gasteiger partial charge in [0.15, 0.2) is 0 Å². The van der Waals surface area contributed by atoms with Gasteiger partial charge in [-0.15, -0.1) is 0 Å². The molecule has 5 nitrogen and oxygen atoms in total. The van der Waals surface area contributed by atoms with Crippen LogP contribution in [0.15, 0.2) is 59.4 Å². The van der Waals surface area contributed by atoms with Crippen LogP contribution in [-0.4, -0.2) is 9.49 Å². The van der Waals surface area contributed by atoms with Gasteiger partial charge in [0.2, 0.25) is 0 Å². The lowest BCUT2D eigenvalue weighted by Crippen LogP contribution is -2.22. The molecule has 0 bridgehead atoms. The summed E-state index contributed by atoms with van der Waals surface area (Å²) in [6.07, 6.45) is 0. The van der Waals surface area contributed by atoms with Crippen LogP contribution in [0.2, 0.25) is 5.02 Å². The summed E-state index contributed by atoms with van der Waals surface area (Å²) in [6.45, 7) is 0. The van der Waals surface area contributed by atoms with Crippen molar-refractivity contribution in [3.05, 3.63) is 80.1 Å². The number of para-hydroxylation sites is 2. The Hall–Kier alpha value is -2.66. The van der Waals surface area contributed by atoms with E-state index in [0.717, 1.165) is 0 Å². The first kappa shape index (κ1) is 13.3. The van der Waals surface area contributed by atoms with Gasteiger partial charge in [-0.3, -0.25) is 19.5 Å². The third-order valence-corrected chi connectivity index (χ3v) is 3.57. The van der Waals surface area contributed by atoms with Gasteiger partial charge in [-0.1, -0.05) is 48.0 Å². The maximum absolute atomic E-state index is 12.5. The molecule has 0 saturated carbocycles. The minimum Gasteiger partial charge on any atom is -0.271 e. The number of hydrogen-bond acceptors (Lipinski definition) is 3. The van der Waals surface area contributed by atoms with Crippen molar-refractivity contribution in [2.75, 3.05) is 0 Å². The van der Waals surface area contributed by atoms with Crippen molar-refractivity contribution in [2.45, 2.75) is 0 Å². The standard InChI is InChI=1S/C15H9ClN2O3/c16-13-11-8-4-5-9-12(11)17(10-6-2-1-3-7-10)15(19)14(13)18(20)21/h1-9H. The van der Waals surface area contributed by atoms with Crippen LogP contribution in [0, 0.1) is 10.1 Å². The molecular weight excluding hydrogens is 292 g/mol. The molecule has 0 fully saturated rings. The van der Waals surface area contributed by atoms with Gasteiger partial charge in [-0.2, -0.15) is 0 Å². The first-order valence-corrected chi connectivity index (χ1v) is 6.52. The van der Waals surface area contributed by atoms with Crippen LogP contribution in [0.4, 0.5) is 5.69 Å². The molecule has 0 aliphatic rings. The van der Waals surface area contributed by atoms with Gasteiger partial charge in [0.1, 0.15) is 5.02 Å². The minimum absolute atomic E-state index is 0.132. The zero-order valence-corrected chi connectivity index (χ0v) is 11.4. The SMILES string of the molecule is O=c1c([N+](=O)[O-])c(Cl)c2ccccc2n1-c1ccccc1. The highest BCUT2D eigenvalue weighted by Gasteiger charge is 2.24. The number of nitrogens with zero attached hydrogens (tertiary/aromatic N) is 2. The first-order valence-electron chi connectivity index (χ1n) is 6.14. The van der Waals surface area contributed by atoms with Gasteiger partial charge in [0.05, 0.1) is 10.4 Å². The second-order valence-electron chi connectivity index (χ2n) is 4.41. The summed E-state index contributed by atoms with van der Waals surface area (Å²) in [5.74, 6) is 0. The van der Waals surface area contributed by atoms with Gasteiger partial charge in [-0.25, -0.2) is 0 Å². The van der Waals surface area contributed by atoms with Crippen LogP contribution in [0.3, 0.4) is 0 Å². The van der Waals surface area contributed by atoms with Crippen LogP contribution in [0.25, 0.3) is 16.6 Å². The smallest absolute Gasteiger partial charge is 0.271 e. The van der Waals surface area contributed by atoms with E-state index < -0.39 is 16.2 Å². The maximum Gasteiger partial charge on any atom is 0.353 e. The van der Waals surface area contributed by atoms with Crippen molar-refractivity contribution >= 4 is 28.2 Å². The molecule has 0 N–H and O–H groups in total. The molecule has 0 spiro atoms. The monoisotopic (exact) mass is 300 g/mol. The van der Waals surface area contributed by atoms with E-state index in [1.54, 1.807) is 54.6 Å². The van der Waals surface area contributed by atoms with E-state index in [9.17, 15) is 14.9 Å². The highest BCUT2D eigenvalue weighted by atomic mass is 35.5. The minimum atomic E-state index is -0.741. The molecule has 3 aromatic rings. The zero-order chi connectivity index (χ0) is 15.0. The number of benzene rings is 2. The molecule has 0 saturated heterocycles. The summed E-state index contributed by atoms with van der Waals surface area (Å²) >= 11 is 6.05. The third-order valence-electron chi connectivity index (χ3n) is 3.19. The fourth-order valence-corrected chi connectivity index (χ4v) is 2.59. The van der Waals surface area contributed by atoms with Crippen molar-refractivity contribution in [1.29, 1.82) is 0 Å². The van der Waals surface area contributed by atoms with Crippen molar-refractivity contribution < 1.29 is 4.92 Å². The molecule has 0 amide bonds. The van der Waals surface area contributed by atoms with E-state index in [2.05, 4.69) is 0 Å². The quantitative estimate of drug-likeness (QED) is 0.537. The number of rotatable bonds is 2. The van der Waals surface area contributed by atoms with Crippen molar-refractivity contribution in [3.8, 4) is 5.69 Å². The lowest BCUT2D eigenvalue weighted by Gasteiger charge is -2.11. The summed E-state index contributed by atoms with van der Waals surface area (Å²) in [5, 5.41) is 11.5. The Morgan fingerprint density at radius 1 is 1.00 bits per heavy atom. The Bertz CT molecular complexity index is 904. The molecule has 1 aromatic heterocycles. The second-order valence-corrected chi connectivity index (χ2v) is 4.79. The Labute approximate surface area is 124 Å². The van der Waals surface area contributed by atoms with Crippen LogP contribution in [0.5, 0.6) is 0 Å². The molecule has 0 atom stereocenters. The fourth-order valence-electron chi connectivity index (χ4n) is 2.28. The molecule has 0 aliphatic carbocycles. The summed E-state index contributed by atoms with van der Waals surface area (Å²) < 4.78 is 1.30. The predicted molar refractivity (Wildman–Crippen MR) is 81.2 cm³/mol. The molecule has 0 aliphatic heterocycles. The van der Waals surface area contributed by atoms with Gasteiger partial charge < -0.3 is 0 Å². The van der Waals surface area contributed by atoms with E-state index in [-0.39, 0.29) is 5.02 Å². The molecule has 6 heteroatoms. The molecule has 21 heavy (non-hydrogen) atoms. The Morgan fingerprint density at radius 3 is 2.29 bits per heavy atom. The van der Waals surface area contributed by atoms with Gasteiger partial charge in [0.25, 0.3) is 0 Å². The number of hydrogen-bond donors (Lipinski definition) is 0. The Balaban J connectivity index is 2.55. The average molecular weight is 301 g/mol. The summed E-state index contributed by atoms with van der Waals surface area (Å²) in [6, 6.07) is 15.6. The summed E-state index contributed by atoms with van der Waals surface area (Å²) in [4.78, 5) is 22.9. The Morgan fingerprint density at radius 2 is 1.62 bits per heavy atom. The number of aromatic nitrogens is 1. The lowest BCUT2D eigenvalue weighted by atomic mass is 10.2. The van der Waals surface area contributed by atoms with E-state index in [1.165, 1.54) is 4.57 Å². The fraction of sp³-hybridized carbons (Fsp3) is 0. The lowest BCUT2D eigenvalue weighted by molar-refractivity contribution is -0.386. The second kappa shape index (κ2) is 5.03. The van der Waals surface area contributed by atoms with E-state index in [4.69, 9.17) is 11.6 Å². The zero-order valence-electron chi connectivity index (χ0n) is 10.7. The predicted octanol–water partition coefficient (Wildman–Crippen LogP) is 3.55. The van der Waals surface area contributed by atoms with E-state index >= 15 is 0 Å². The normalized spacial score (nSPS) is 10.7. The van der Waals surface area contributed by atoms with Crippen LogP contribution in [0.1, 0.15) is 0 Å². The third kappa shape index (κ3) is 2.08. The summed E-state index contributed by atoms with van der Waals surface area (Å²) in [5.41, 5.74) is -0.267. The van der Waals surface area contributed by atoms with Gasteiger partial charge in [-0.05, 0) is 18.2 Å². The molecule has 3 rings (SSSR count). The number of pyridine rings is 1. The molecular formula is C15H9ClN2O3. The van der Waals surface area contributed by atoms with Gasteiger partial charge >= 0.3 is 11.2 Å².